The lowest BCUT2D eigenvalue weighted by molar-refractivity contribution is 0.0329. The maximum Gasteiger partial charge on any atom is 0.338 e. The van der Waals surface area contributed by atoms with Crippen LogP contribution in [0.1, 0.15) is 29.1 Å². The number of nitrogens with zero attached hydrogens (tertiary/aromatic N) is 3. The summed E-state index contributed by atoms with van der Waals surface area (Å²) in [6.45, 7) is 1.80. The predicted molar refractivity (Wildman–Crippen MR) is 73.3 cm³/mol. The maximum absolute atomic E-state index is 12.1. The maximum atomic E-state index is 12.1. The van der Waals surface area contributed by atoms with Gasteiger partial charge in [-0.05, 0) is 31.2 Å². The molecule has 0 aliphatic rings. The Kier molecular flexibility index (Phi) is 3.16. The van der Waals surface area contributed by atoms with Crippen LogP contribution in [0.2, 0.25) is 0 Å². The van der Waals surface area contributed by atoms with Crippen LogP contribution in [-0.4, -0.2) is 20.3 Å². The van der Waals surface area contributed by atoms with Crippen LogP contribution in [-0.2, 0) is 4.74 Å². The van der Waals surface area contributed by atoms with Crippen LogP contribution in [0.25, 0.3) is 5.52 Å². The minimum absolute atomic E-state index is 0.369. The van der Waals surface area contributed by atoms with Gasteiger partial charge in [-0.1, -0.05) is 6.07 Å². The first-order valence-corrected chi connectivity index (χ1v) is 6.27. The zero-order chi connectivity index (χ0) is 13.9. The number of fused-ring (bicyclic) bond motifs is 1. The molecule has 3 heterocycles. The van der Waals surface area contributed by atoms with E-state index in [0.717, 1.165) is 11.2 Å². The molecule has 20 heavy (non-hydrogen) atoms. The van der Waals surface area contributed by atoms with Gasteiger partial charge in [-0.3, -0.25) is 4.98 Å². The van der Waals surface area contributed by atoms with E-state index in [9.17, 15) is 4.79 Å². The highest BCUT2D eigenvalue weighted by atomic mass is 16.5. The zero-order valence-corrected chi connectivity index (χ0v) is 10.9. The molecule has 3 aromatic heterocycles. The fraction of sp³-hybridized carbons (Fsp3) is 0.133. The summed E-state index contributed by atoms with van der Waals surface area (Å²) in [6.07, 6.45) is 6.45. The van der Waals surface area contributed by atoms with Gasteiger partial charge >= 0.3 is 5.97 Å². The fourth-order valence-corrected chi connectivity index (χ4v) is 1.95. The van der Waals surface area contributed by atoms with Crippen molar-refractivity contribution in [3.8, 4) is 0 Å². The van der Waals surface area contributed by atoms with Crippen molar-refractivity contribution in [1.82, 2.24) is 14.4 Å². The summed E-state index contributed by atoms with van der Waals surface area (Å²) >= 11 is 0. The molecule has 0 unspecified atom stereocenters. The molecule has 0 aliphatic carbocycles. The second kappa shape index (κ2) is 5.13. The van der Waals surface area contributed by atoms with Gasteiger partial charge in [-0.15, -0.1) is 0 Å². The summed E-state index contributed by atoms with van der Waals surface area (Å²) < 4.78 is 7.25. The number of hydrogen-bond acceptors (Lipinski definition) is 4. The van der Waals surface area contributed by atoms with Gasteiger partial charge in [0.1, 0.15) is 6.10 Å². The highest BCUT2D eigenvalue weighted by Crippen LogP contribution is 2.16. The van der Waals surface area contributed by atoms with Crippen molar-refractivity contribution < 1.29 is 9.53 Å². The van der Waals surface area contributed by atoms with Crippen LogP contribution in [0, 0.1) is 0 Å². The number of esters is 1. The third-order valence-electron chi connectivity index (χ3n) is 3.04. The van der Waals surface area contributed by atoms with E-state index in [1.165, 1.54) is 0 Å². The normalized spacial score (nSPS) is 12.2. The zero-order valence-electron chi connectivity index (χ0n) is 10.9. The minimum atomic E-state index is -0.384. The third kappa shape index (κ3) is 2.38. The molecule has 1 atom stereocenters. The molecule has 5 heteroatoms. The number of aromatic nitrogens is 3. The molecule has 0 bridgehead atoms. The number of rotatable bonds is 3. The second-order valence-corrected chi connectivity index (χ2v) is 4.44. The van der Waals surface area contributed by atoms with Crippen molar-refractivity contribution in [3.05, 3.63) is 66.5 Å². The smallest absolute Gasteiger partial charge is 0.338 e. The summed E-state index contributed by atoms with van der Waals surface area (Å²) in [5.74, 6) is -0.369. The summed E-state index contributed by atoms with van der Waals surface area (Å²) in [6, 6.07) is 8.98. The van der Waals surface area contributed by atoms with Crippen LogP contribution >= 0.6 is 0 Å². The van der Waals surface area contributed by atoms with Crippen LogP contribution in [0.3, 0.4) is 0 Å². The van der Waals surface area contributed by atoms with Gasteiger partial charge in [0.2, 0.25) is 0 Å². The molecular weight excluding hydrogens is 254 g/mol. The van der Waals surface area contributed by atoms with Gasteiger partial charge in [0.05, 0.1) is 29.3 Å². The predicted octanol–water partition coefficient (Wildman–Crippen LogP) is 2.65. The van der Waals surface area contributed by atoms with Crippen molar-refractivity contribution in [1.29, 1.82) is 0 Å². The number of carbonyl (C=O) groups excluding carboxylic acids is 1. The van der Waals surface area contributed by atoms with Crippen LogP contribution < -0.4 is 0 Å². The Morgan fingerprint density at radius 1 is 1.35 bits per heavy atom. The Hall–Kier alpha value is -2.69. The van der Waals surface area contributed by atoms with E-state index in [1.54, 1.807) is 44.0 Å². The molecule has 0 radical (unpaired) electrons. The molecule has 0 amide bonds. The molecule has 0 aliphatic heterocycles. The Labute approximate surface area is 115 Å². The van der Waals surface area contributed by atoms with Gasteiger partial charge < -0.3 is 9.14 Å². The molecule has 0 saturated heterocycles. The lowest BCUT2D eigenvalue weighted by atomic mass is 10.2. The van der Waals surface area contributed by atoms with E-state index in [-0.39, 0.29) is 12.1 Å². The number of carbonyl (C=O) groups is 1. The molecule has 3 aromatic rings. The van der Waals surface area contributed by atoms with Gasteiger partial charge in [-0.25, -0.2) is 9.78 Å². The first kappa shape index (κ1) is 12.3. The highest BCUT2D eigenvalue weighted by molar-refractivity contribution is 5.90. The summed E-state index contributed by atoms with van der Waals surface area (Å²) in [5.41, 5.74) is 2.08. The Morgan fingerprint density at radius 2 is 2.25 bits per heavy atom. The lowest BCUT2D eigenvalue weighted by Crippen LogP contribution is -2.10. The molecule has 0 saturated carbocycles. The SMILES string of the molecule is C[C@@H](OC(=O)c1ccn2cncc2c1)c1ccccn1. The average molecular weight is 267 g/mol. The minimum Gasteiger partial charge on any atom is -0.453 e. The van der Waals surface area contributed by atoms with Gasteiger partial charge in [0.15, 0.2) is 0 Å². The van der Waals surface area contributed by atoms with Crippen molar-refractivity contribution in [2.75, 3.05) is 0 Å². The summed E-state index contributed by atoms with van der Waals surface area (Å²) in [7, 11) is 0. The molecule has 0 fully saturated rings. The van der Waals surface area contributed by atoms with E-state index in [2.05, 4.69) is 9.97 Å². The molecule has 0 N–H and O–H groups in total. The Bertz CT molecular complexity index is 737. The number of hydrogen-bond donors (Lipinski definition) is 0. The van der Waals surface area contributed by atoms with Crippen molar-refractivity contribution >= 4 is 11.5 Å². The molecule has 100 valence electrons. The van der Waals surface area contributed by atoms with Gasteiger partial charge in [0.25, 0.3) is 0 Å². The van der Waals surface area contributed by atoms with E-state index in [0.29, 0.717) is 5.56 Å². The first-order valence-electron chi connectivity index (χ1n) is 6.27. The van der Waals surface area contributed by atoms with E-state index < -0.39 is 0 Å². The third-order valence-corrected chi connectivity index (χ3v) is 3.04. The second-order valence-electron chi connectivity index (χ2n) is 4.44. The monoisotopic (exact) mass is 267 g/mol. The van der Waals surface area contributed by atoms with Gasteiger partial charge in [0, 0.05) is 12.4 Å². The topological polar surface area (TPSA) is 56.5 Å². The average Bonchev–Trinajstić information content (AvgIpc) is 2.95. The van der Waals surface area contributed by atoms with Crippen molar-refractivity contribution in [2.24, 2.45) is 0 Å². The van der Waals surface area contributed by atoms with Crippen LogP contribution in [0.15, 0.2) is 55.2 Å². The quantitative estimate of drug-likeness (QED) is 0.684. The fourth-order valence-electron chi connectivity index (χ4n) is 1.95. The van der Waals surface area contributed by atoms with Gasteiger partial charge in [-0.2, -0.15) is 0 Å². The molecule has 3 rings (SSSR count). The Balaban J connectivity index is 1.78. The van der Waals surface area contributed by atoms with Crippen LogP contribution in [0.4, 0.5) is 0 Å². The van der Waals surface area contributed by atoms with E-state index >= 15 is 0 Å². The highest BCUT2D eigenvalue weighted by Gasteiger charge is 2.14. The molecule has 0 spiro atoms. The number of pyridine rings is 2. The molecular formula is C15H13N3O2. The number of ether oxygens (including phenoxy) is 1. The van der Waals surface area contributed by atoms with E-state index in [1.807, 2.05) is 22.6 Å². The molecule has 5 nitrogen and oxygen atoms in total. The summed E-state index contributed by atoms with van der Waals surface area (Å²) in [4.78, 5) is 20.3. The largest absolute Gasteiger partial charge is 0.453 e. The van der Waals surface area contributed by atoms with E-state index in [4.69, 9.17) is 4.74 Å². The Morgan fingerprint density at radius 3 is 3.05 bits per heavy atom. The first-order chi connectivity index (χ1) is 9.74. The van der Waals surface area contributed by atoms with Crippen LogP contribution in [0.5, 0.6) is 0 Å². The van der Waals surface area contributed by atoms with Crippen molar-refractivity contribution in [2.45, 2.75) is 13.0 Å². The standard InChI is InChI=1S/C15H13N3O2/c1-11(14-4-2-3-6-17-14)20-15(19)12-5-7-18-10-16-9-13(18)8-12/h2-11H,1H3/t11-/m1/s1. The lowest BCUT2D eigenvalue weighted by Gasteiger charge is -2.12. The summed E-state index contributed by atoms with van der Waals surface area (Å²) in [5, 5.41) is 0. The number of imidazole rings is 1. The van der Waals surface area contributed by atoms with Crippen molar-refractivity contribution in [3.63, 3.8) is 0 Å². The molecule has 0 aromatic carbocycles.